The molecule has 0 radical (unpaired) electrons. The first-order valence-corrected chi connectivity index (χ1v) is 7.27. The van der Waals surface area contributed by atoms with Crippen molar-refractivity contribution in [2.45, 2.75) is 19.9 Å². The number of hydrogen-bond donors (Lipinski definition) is 1. The molecular formula is C17H19ClFNO. The zero-order valence-corrected chi connectivity index (χ0v) is 13.2. The fourth-order valence-electron chi connectivity index (χ4n) is 2.40. The minimum Gasteiger partial charge on any atom is -0.496 e. The molecule has 2 rings (SSSR count). The van der Waals surface area contributed by atoms with Crippen molar-refractivity contribution in [2.75, 3.05) is 13.7 Å². The Bertz CT molecular complexity index is 630. The van der Waals surface area contributed by atoms with E-state index in [9.17, 15) is 4.39 Å². The van der Waals surface area contributed by atoms with Gasteiger partial charge >= 0.3 is 0 Å². The van der Waals surface area contributed by atoms with Crippen LogP contribution >= 0.6 is 11.6 Å². The Labute approximate surface area is 129 Å². The summed E-state index contributed by atoms with van der Waals surface area (Å²) in [7, 11) is 1.59. The molecule has 0 heterocycles. The Morgan fingerprint density at radius 1 is 1.19 bits per heavy atom. The third-order valence-corrected chi connectivity index (χ3v) is 3.61. The molecule has 0 saturated heterocycles. The number of hydrogen-bond acceptors (Lipinski definition) is 2. The summed E-state index contributed by atoms with van der Waals surface area (Å²) in [5.41, 5.74) is 2.49. The summed E-state index contributed by atoms with van der Waals surface area (Å²) < 4.78 is 19.6. The van der Waals surface area contributed by atoms with E-state index in [4.69, 9.17) is 16.3 Å². The van der Waals surface area contributed by atoms with Crippen LogP contribution in [0.25, 0.3) is 0 Å². The maximum Gasteiger partial charge on any atom is 0.128 e. The molecule has 0 aromatic heterocycles. The van der Waals surface area contributed by atoms with Gasteiger partial charge in [0, 0.05) is 16.1 Å². The Kier molecular flexibility index (Phi) is 5.21. The van der Waals surface area contributed by atoms with E-state index in [1.807, 2.05) is 26.0 Å². The van der Waals surface area contributed by atoms with Crippen LogP contribution in [0.15, 0.2) is 36.4 Å². The van der Waals surface area contributed by atoms with Crippen LogP contribution in [0, 0.1) is 12.7 Å². The van der Waals surface area contributed by atoms with Gasteiger partial charge in [-0.1, -0.05) is 42.3 Å². The Morgan fingerprint density at radius 3 is 2.62 bits per heavy atom. The average molecular weight is 308 g/mol. The number of rotatable bonds is 5. The van der Waals surface area contributed by atoms with E-state index in [2.05, 4.69) is 5.32 Å². The van der Waals surface area contributed by atoms with E-state index >= 15 is 0 Å². The van der Waals surface area contributed by atoms with Crippen molar-refractivity contribution in [3.8, 4) is 5.75 Å². The molecule has 1 unspecified atom stereocenters. The molecule has 21 heavy (non-hydrogen) atoms. The molecule has 0 saturated carbocycles. The lowest BCUT2D eigenvalue weighted by Crippen LogP contribution is -2.23. The van der Waals surface area contributed by atoms with Crippen LogP contribution in [-0.4, -0.2) is 13.7 Å². The largest absolute Gasteiger partial charge is 0.496 e. The van der Waals surface area contributed by atoms with Gasteiger partial charge in [0.15, 0.2) is 0 Å². The second-order valence-electron chi connectivity index (χ2n) is 4.90. The number of methoxy groups -OCH3 is 1. The summed E-state index contributed by atoms with van der Waals surface area (Å²) in [6.45, 7) is 4.65. The summed E-state index contributed by atoms with van der Waals surface area (Å²) in [5.74, 6) is 0.415. The monoisotopic (exact) mass is 307 g/mol. The van der Waals surface area contributed by atoms with Crippen molar-refractivity contribution in [3.05, 3.63) is 63.9 Å². The normalized spacial score (nSPS) is 12.2. The van der Waals surface area contributed by atoms with Crippen LogP contribution in [-0.2, 0) is 0 Å². The van der Waals surface area contributed by atoms with Crippen molar-refractivity contribution >= 4 is 11.6 Å². The summed E-state index contributed by atoms with van der Waals surface area (Å²) in [6, 6.07) is 10.2. The number of benzene rings is 2. The smallest absolute Gasteiger partial charge is 0.128 e. The Hall–Kier alpha value is -1.58. The van der Waals surface area contributed by atoms with Crippen molar-refractivity contribution in [1.29, 1.82) is 0 Å². The van der Waals surface area contributed by atoms with Gasteiger partial charge < -0.3 is 10.1 Å². The molecule has 0 aliphatic carbocycles. The van der Waals surface area contributed by atoms with Crippen LogP contribution in [0.4, 0.5) is 4.39 Å². The number of aryl methyl sites for hydroxylation is 1. The minimum absolute atomic E-state index is 0.233. The van der Waals surface area contributed by atoms with Crippen LogP contribution in [0.5, 0.6) is 5.75 Å². The van der Waals surface area contributed by atoms with Gasteiger partial charge in [-0.05, 0) is 31.7 Å². The summed E-state index contributed by atoms with van der Waals surface area (Å²) in [5, 5.41) is 3.91. The maximum absolute atomic E-state index is 14.2. The van der Waals surface area contributed by atoms with E-state index in [1.54, 1.807) is 25.3 Å². The molecule has 4 heteroatoms. The number of nitrogens with one attached hydrogen (secondary N) is 1. The molecule has 0 amide bonds. The van der Waals surface area contributed by atoms with Gasteiger partial charge in [-0.2, -0.15) is 0 Å². The fourth-order valence-corrected chi connectivity index (χ4v) is 2.56. The quantitative estimate of drug-likeness (QED) is 0.878. The molecule has 0 fully saturated rings. The van der Waals surface area contributed by atoms with Gasteiger partial charge in [0.05, 0.1) is 13.2 Å². The fraction of sp³-hybridized carbons (Fsp3) is 0.294. The van der Waals surface area contributed by atoms with Crippen LogP contribution < -0.4 is 10.1 Å². The van der Waals surface area contributed by atoms with E-state index in [0.717, 1.165) is 11.1 Å². The van der Waals surface area contributed by atoms with Gasteiger partial charge in [0.2, 0.25) is 0 Å². The van der Waals surface area contributed by atoms with E-state index < -0.39 is 0 Å². The van der Waals surface area contributed by atoms with E-state index in [-0.39, 0.29) is 11.9 Å². The highest BCUT2D eigenvalue weighted by Crippen LogP contribution is 2.33. The average Bonchev–Trinajstić information content (AvgIpc) is 2.48. The van der Waals surface area contributed by atoms with Crippen molar-refractivity contribution < 1.29 is 9.13 Å². The molecule has 2 aromatic rings. The molecule has 0 aliphatic rings. The molecule has 1 atom stereocenters. The maximum atomic E-state index is 14.2. The first-order valence-electron chi connectivity index (χ1n) is 6.89. The van der Waals surface area contributed by atoms with Crippen LogP contribution in [0.3, 0.4) is 0 Å². The first kappa shape index (κ1) is 15.8. The van der Waals surface area contributed by atoms with Gasteiger partial charge in [-0.25, -0.2) is 4.39 Å². The van der Waals surface area contributed by atoms with Gasteiger partial charge in [-0.15, -0.1) is 0 Å². The van der Waals surface area contributed by atoms with Crippen LogP contribution in [0.1, 0.15) is 29.7 Å². The molecule has 0 spiro atoms. The van der Waals surface area contributed by atoms with Gasteiger partial charge in [0.1, 0.15) is 11.6 Å². The highest BCUT2D eigenvalue weighted by atomic mass is 35.5. The molecule has 1 N–H and O–H groups in total. The van der Waals surface area contributed by atoms with E-state index in [0.29, 0.717) is 22.9 Å². The van der Waals surface area contributed by atoms with Gasteiger partial charge in [-0.3, -0.25) is 0 Å². The number of halogens is 2. The van der Waals surface area contributed by atoms with Crippen molar-refractivity contribution in [2.24, 2.45) is 0 Å². The predicted molar refractivity (Wildman–Crippen MR) is 84.7 cm³/mol. The summed E-state index contributed by atoms with van der Waals surface area (Å²) in [6.07, 6.45) is 0. The topological polar surface area (TPSA) is 21.3 Å². The third kappa shape index (κ3) is 3.55. The lowest BCUT2D eigenvalue weighted by atomic mass is 9.96. The van der Waals surface area contributed by atoms with E-state index in [1.165, 1.54) is 6.07 Å². The SMILES string of the molecule is CCNC(c1cc(C)ccc1F)c1ccc(Cl)cc1OC. The highest BCUT2D eigenvalue weighted by Gasteiger charge is 2.21. The predicted octanol–water partition coefficient (Wildman–Crippen LogP) is 4.50. The Morgan fingerprint density at radius 2 is 1.95 bits per heavy atom. The first-order chi connectivity index (χ1) is 10.1. The van der Waals surface area contributed by atoms with Crippen molar-refractivity contribution in [3.63, 3.8) is 0 Å². The molecule has 2 nitrogen and oxygen atoms in total. The zero-order valence-electron chi connectivity index (χ0n) is 12.4. The minimum atomic E-state index is -0.276. The summed E-state index contributed by atoms with van der Waals surface area (Å²) >= 11 is 6.01. The lowest BCUT2D eigenvalue weighted by Gasteiger charge is -2.22. The molecular weight excluding hydrogens is 289 g/mol. The molecule has 0 bridgehead atoms. The van der Waals surface area contributed by atoms with Crippen LogP contribution in [0.2, 0.25) is 5.02 Å². The highest BCUT2D eigenvalue weighted by molar-refractivity contribution is 6.30. The summed E-state index contributed by atoms with van der Waals surface area (Å²) in [4.78, 5) is 0. The van der Waals surface area contributed by atoms with Gasteiger partial charge in [0.25, 0.3) is 0 Å². The molecule has 0 aliphatic heterocycles. The molecule has 2 aromatic carbocycles. The molecule has 112 valence electrons. The second kappa shape index (κ2) is 6.92. The van der Waals surface area contributed by atoms with Crippen molar-refractivity contribution in [1.82, 2.24) is 5.32 Å². The third-order valence-electron chi connectivity index (χ3n) is 3.38. The zero-order chi connectivity index (χ0) is 15.4. The number of ether oxygens (including phenoxy) is 1. The lowest BCUT2D eigenvalue weighted by molar-refractivity contribution is 0.403. The second-order valence-corrected chi connectivity index (χ2v) is 5.34. The Balaban J connectivity index is 2.55. The standard InChI is InChI=1S/C17H19ClFNO/c1-4-20-17(14-9-11(2)5-8-15(14)19)13-7-6-12(18)10-16(13)21-3/h5-10,17,20H,4H2,1-3H3.